The molecule has 0 bridgehead atoms. The summed E-state index contributed by atoms with van der Waals surface area (Å²) in [6.45, 7) is 0. The predicted octanol–water partition coefficient (Wildman–Crippen LogP) is 1.60. The first-order valence-corrected chi connectivity index (χ1v) is 8.55. The number of esters is 1. The van der Waals surface area contributed by atoms with Gasteiger partial charge in [-0.2, -0.15) is 0 Å². The zero-order valence-corrected chi connectivity index (χ0v) is 15.3. The molecule has 3 aromatic rings. The van der Waals surface area contributed by atoms with Crippen LogP contribution in [0.25, 0.3) is 11.0 Å². The number of hydrogen-bond donors (Lipinski definition) is 2. The summed E-state index contributed by atoms with van der Waals surface area (Å²) in [5.41, 5.74) is 0.478. The van der Waals surface area contributed by atoms with E-state index in [0.717, 1.165) is 19.2 Å². The number of carbonyl (C=O) groups excluding carboxylic acids is 3. The molecule has 1 atom stereocenters. The summed E-state index contributed by atoms with van der Waals surface area (Å²) in [6.07, 6.45) is -0.414. The number of fused-ring (bicyclic) bond motifs is 1. The summed E-state index contributed by atoms with van der Waals surface area (Å²) in [5.74, 6) is -5.24. The summed E-state index contributed by atoms with van der Waals surface area (Å²) in [5, 5.41) is 2.29. The first kappa shape index (κ1) is 19.9. The molecule has 9 heteroatoms. The molecule has 0 aliphatic carbocycles. The topological polar surface area (TPSA) is 118 Å². The molecule has 0 saturated heterocycles. The monoisotopic (exact) mass is 397 g/mol. The minimum Gasteiger partial charge on any atom is -0.468 e. The molecule has 0 spiro atoms. The van der Waals surface area contributed by atoms with Crippen molar-refractivity contribution in [1.29, 1.82) is 0 Å². The summed E-state index contributed by atoms with van der Waals surface area (Å²) >= 11 is 0. The Bertz CT molecular complexity index is 1140. The number of aromatic amines is 1. The summed E-state index contributed by atoms with van der Waals surface area (Å²) in [6, 6.07) is 11.5. The van der Waals surface area contributed by atoms with E-state index in [9.17, 15) is 23.6 Å². The second-order valence-electron chi connectivity index (χ2n) is 6.13. The molecule has 0 radical (unpaired) electrons. The molecule has 1 amide bonds. The molecule has 1 heterocycles. The fourth-order valence-electron chi connectivity index (χ4n) is 2.71. The Morgan fingerprint density at radius 2 is 1.83 bits per heavy atom. The van der Waals surface area contributed by atoms with E-state index in [2.05, 4.69) is 20.0 Å². The smallest absolute Gasteiger partial charge is 0.317 e. The molecule has 0 aliphatic heterocycles. The second kappa shape index (κ2) is 8.42. The molecular formula is C20H16FN3O5. The number of Topliss-reactive ketones (excluding diaryl/α,β-unsaturated/α-hetero) is 1. The number of nitrogens with zero attached hydrogens (tertiary/aromatic N) is 1. The van der Waals surface area contributed by atoms with E-state index < -0.39 is 41.4 Å². The Balaban J connectivity index is 1.86. The van der Waals surface area contributed by atoms with Crippen molar-refractivity contribution in [3.05, 3.63) is 70.4 Å². The van der Waals surface area contributed by atoms with Crippen molar-refractivity contribution in [2.45, 2.75) is 6.42 Å². The zero-order chi connectivity index (χ0) is 21.0. The maximum atomic E-state index is 13.0. The maximum Gasteiger partial charge on any atom is 0.317 e. The highest BCUT2D eigenvalue weighted by Crippen LogP contribution is 2.14. The standard InChI is InChI=1S/C20H16FN3O5/c1-29-20(28)13(17(25)19(27)22-12-8-6-11(21)7-9-12)10-16-18(26)24-15-5-3-2-4-14(15)23-16/h2-9,13H,10H2,1H3,(H,22,27)(H,24,26)/t13-/m1/s1. The van der Waals surface area contributed by atoms with Gasteiger partial charge in [-0.05, 0) is 36.4 Å². The largest absolute Gasteiger partial charge is 0.468 e. The number of para-hydroxylation sites is 2. The van der Waals surface area contributed by atoms with Crippen molar-refractivity contribution in [3.63, 3.8) is 0 Å². The second-order valence-corrected chi connectivity index (χ2v) is 6.13. The molecule has 3 rings (SSSR count). The lowest BCUT2D eigenvalue weighted by atomic mass is 9.97. The van der Waals surface area contributed by atoms with Crippen LogP contribution in [0, 0.1) is 11.7 Å². The third kappa shape index (κ3) is 4.52. The van der Waals surface area contributed by atoms with Crippen LogP contribution in [0.3, 0.4) is 0 Å². The van der Waals surface area contributed by atoms with E-state index in [-0.39, 0.29) is 11.4 Å². The number of hydrogen-bond acceptors (Lipinski definition) is 6. The summed E-state index contributed by atoms with van der Waals surface area (Å²) in [7, 11) is 1.07. The van der Waals surface area contributed by atoms with E-state index in [1.807, 2.05) is 0 Å². The van der Waals surface area contributed by atoms with Crippen molar-refractivity contribution in [3.8, 4) is 0 Å². The van der Waals surface area contributed by atoms with Gasteiger partial charge in [0.2, 0.25) is 5.78 Å². The van der Waals surface area contributed by atoms with Gasteiger partial charge >= 0.3 is 5.97 Å². The van der Waals surface area contributed by atoms with Crippen molar-refractivity contribution in [1.82, 2.24) is 9.97 Å². The van der Waals surface area contributed by atoms with Crippen molar-refractivity contribution >= 4 is 34.4 Å². The number of methoxy groups -OCH3 is 1. The lowest BCUT2D eigenvalue weighted by Crippen LogP contribution is -2.37. The number of H-pyrrole nitrogens is 1. The Morgan fingerprint density at radius 1 is 1.14 bits per heavy atom. The molecule has 0 saturated carbocycles. The van der Waals surface area contributed by atoms with Gasteiger partial charge in [0.15, 0.2) is 0 Å². The number of nitrogens with one attached hydrogen (secondary N) is 2. The quantitative estimate of drug-likeness (QED) is 0.371. The number of carbonyl (C=O) groups is 3. The molecular weight excluding hydrogens is 381 g/mol. The molecule has 1 aromatic heterocycles. The Morgan fingerprint density at radius 3 is 2.52 bits per heavy atom. The van der Waals surface area contributed by atoms with Crippen LogP contribution in [-0.4, -0.2) is 34.7 Å². The number of rotatable bonds is 6. The van der Waals surface area contributed by atoms with E-state index in [4.69, 9.17) is 0 Å². The lowest BCUT2D eigenvalue weighted by molar-refractivity contribution is -0.152. The molecule has 148 valence electrons. The average molecular weight is 397 g/mol. The molecule has 29 heavy (non-hydrogen) atoms. The average Bonchev–Trinajstić information content (AvgIpc) is 2.72. The molecule has 0 fully saturated rings. The third-order valence-corrected chi connectivity index (χ3v) is 4.20. The van der Waals surface area contributed by atoms with Crippen LogP contribution in [0.1, 0.15) is 5.69 Å². The maximum absolute atomic E-state index is 13.0. The highest BCUT2D eigenvalue weighted by molar-refractivity contribution is 6.44. The molecule has 2 aromatic carbocycles. The van der Waals surface area contributed by atoms with Crippen LogP contribution in [0.4, 0.5) is 10.1 Å². The summed E-state index contributed by atoms with van der Waals surface area (Å²) < 4.78 is 17.6. The van der Waals surface area contributed by atoms with Crippen LogP contribution < -0.4 is 10.9 Å². The number of benzene rings is 2. The number of anilines is 1. The predicted molar refractivity (Wildman–Crippen MR) is 102 cm³/mol. The Kier molecular flexibility index (Phi) is 5.77. The van der Waals surface area contributed by atoms with Gasteiger partial charge in [-0.15, -0.1) is 0 Å². The fourth-order valence-corrected chi connectivity index (χ4v) is 2.71. The van der Waals surface area contributed by atoms with Gasteiger partial charge in [-0.3, -0.25) is 19.2 Å². The van der Waals surface area contributed by atoms with E-state index in [0.29, 0.717) is 11.0 Å². The van der Waals surface area contributed by atoms with Gasteiger partial charge in [0, 0.05) is 12.1 Å². The summed E-state index contributed by atoms with van der Waals surface area (Å²) in [4.78, 5) is 56.1. The van der Waals surface area contributed by atoms with Crippen molar-refractivity contribution in [2.24, 2.45) is 5.92 Å². The first-order valence-electron chi connectivity index (χ1n) is 8.55. The van der Waals surface area contributed by atoms with Crippen LogP contribution in [0.15, 0.2) is 53.3 Å². The van der Waals surface area contributed by atoms with E-state index >= 15 is 0 Å². The van der Waals surface area contributed by atoms with Gasteiger partial charge in [0.1, 0.15) is 17.4 Å². The Labute approximate surface area is 163 Å². The number of amides is 1. The number of ether oxygens (including phenoxy) is 1. The van der Waals surface area contributed by atoms with Crippen molar-refractivity contribution in [2.75, 3.05) is 12.4 Å². The fraction of sp³-hybridized carbons (Fsp3) is 0.150. The van der Waals surface area contributed by atoms with Gasteiger partial charge in [0.25, 0.3) is 11.5 Å². The van der Waals surface area contributed by atoms with E-state index in [1.165, 1.54) is 12.1 Å². The minimum absolute atomic E-state index is 0.0815. The number of halogens is 1. The van der Waals surface area contributed by atoms with Crippen LogP contribution in [0.5, 0.6) is 0 Å². The van der Waals surface area contributed by atoms with Gasteiger partial charge in [-0.1, -0.05) is 12.1 Å². The Hall–Kier alpha value is -3.88. The van der Waals surface area contributed by atoms with Gasteiger partial charge in [0.05, 0.1) is 18.1 Å². The molecule has 0 aliphatic rings. The van der Waals surface area contributed by atoms with Crippen LogP contribution in [0.2, 0.25) is 0 Å². The molecule has 2 N–H and O–H groups in total. The highest BCUT2D eigenvalue weighted by atomic mass is 19.1. The number of ketones is 1. The SMILES string of the molecule is COC(=O)[C@H](Cc1nc2ccccc2[nH]c1=O)C(=O)C(=O)Nc1ccc(F)cc1. The normalized spacial score (nSPS) is 11.7. The molecule has 8 nitrogen and oxygen atoms in total. The van der Waals surface area contributed by atoms with E-state index in [1.54, 1.807) is 24.3 Å². The van der Waals surface area contributed by atoms with Crippen molar-refractivity contribution < 1.29 is 23.5 Å². The van der Waals surface area contributed by atoms with Crippen LogP contribution in [-0.2, 0) is 25.5 Å². The minimum atomic E-state index is -1.56. The first-order chi connectivity index (χ1) is 13.9. The molecule has 0 unspecified atom stereocenters. The third-order valence-electron chi connectivity index (χ3n) is 4.20. The van der Waals surface area contributed by atoms with Gasteiger partial charge in [-0.25, -0.2) is 9.37 Å². The highest BCUT2D eigenvalue weighted by Gasteiger charge is 2.34. The lowest BCUT2D eigenvalue weighted by Gasteiger charge is -2.13. The number of aromatic nitrogens is 2. The zero-order valence-electron chi connectivity index (χ0n) is 15.3. The van der Waals surface area contributed by atoms with Crippen LogP contribution >= 0.6 is 0 Å². The van der Waals surface area contributed by atoms with Gasteiger partial charge < -0.3 is 15.0 Å².